The SMILES string of the molecule is COc1ccc(CN2C[C@@H]3C[C@@H](C2)c2cccc(=O)n2C3)cc1OC. The molecule has 0 unspecified atom stereocenters. The first-order valence-corrected chi connectivity index (χ1v) is 8.81. The van der Waals surface area contributed by atoms with Crippen LogP contribution < -0.4 is 15.0 Å². The van der Waals surface area contributed by atoms with Gasteiger partial charge in [0.05, 0.1) is 14.2 Å². The minimum Gasteiger partial charge on any atom is -0.493 e. The van der Waals surface area contributed by atoms with E-state index in [9.17, 15) is 4.79 Å². The Kier molecular flexibility index (Phi) is 4.25. The molecular formula is C20H24N2O3. The van der Waals surface area contributed by atoms with Gasteiger partial charge in [-0.05, 0) is 36.1 Å². The Morgan fingerprint density at radius 3 is 2.68 bits per heavy atom. The molecule has 5 nitrogen and oxygen atoms in total. The Balaban J connectivity index is 1.54. The van der Waals surface area contributed by atoms with Crippen LogP contribution in [0, 0.1) is 5.92 Å². The summed E-state index contributed by atoms with van der Waals surface area (Å²) in [6.07, 6.45) is 1.19. The zero-order valence-electron chi connectivity index (χ0n) is 14.8. The van der Waals surface area contributed by atoms with Gasteiger partial charge in [0.25, 0.3) is 5.56 Å². The molecule has 2 atom stereocenters. The minimum atomic E-state index is 0.139. The normalized spacial score (nSPS) is 22.3. The lowest BCUT2D eigenvalue weighted by atomic mass is 9.83. The highest BCUT2D eigenvalue weighted by atomic mass is 16.5. The molecule has 25 heavy (non-hydrogen) atoms. The van der Waals surface area contributed by atoms with Gasteiger partial charge in [0.15, 0.2) is 11.5 Å². The molecule has 2 bridgehead atoms. The number of hydrogen-bond acceptors (Lipinski definition) is 4. The van der Waals surface area contributed by atoms with Crippen molar-refractivity contribution in [2.45, 2.75) is 25.4 Å². The summed E-state index contributed by atoms with van der Waals surface area (Å²) in [4.78, 5) is 14.6. The van der Waals surface area contributed by atoms with Gasteiger partial charge in [-0.1, -0.05) is 12.1 Å². The van der Waals surface area contributed by atoms with Crippen molar-refractivity contribution in [3.8, 4) is 11.5 Å². The van der Waals surface area contributed by atoms with E-state index in [1.165, 1.54) is 17.7 Å². The van der Waals surface area contributed by atoms with E-state index in [2.05, 4.69) is 23.1 Å². The van der Waals surface area contributed by atoms with Crippen molar-refractivity contribution in [1.29, 1.82) is 0 Å². The molecule has 0 radical (unpaired) electrons. The molecule has 1 aromatic carbocycles. The fourth-order valence-electron chi connectivity index (χ4n) is 4.36. The number of aromatic nitrogens is 1. The largest absolute Gasteiger partial charge is 0.493 e. The van der Waals surface area contributed by atoms with E-state index in [0.29, 0.717) is 11.8 Å². The van der Waals surface area contributed by atoms with Crippen LogP contribution in [0.1, 0.15) is 23.6 Å². The summed E-state index contributed by atoms with van der Waals surface area (Å²) >= 11 is 0. The van der Waals surface area contributed by atoms with E-state index >= 15 is 0 Å². The van der Waals surface area contributed by atoms with Crippen LogP contribution >= 0.6 is 0 Å². The highest BCUT2D eigenvalue weighted by Crippen LogP contribution is 2.36. The van der Waals surface area contributed by atoms with E-state index in [4.69, 9.17) is 9.47 Å². The molecule has 2 aromatic rings. The van der Waals surface area contributed by atoms with Gasteiger partial charge < -0.3 is 14.0 Å². The smallest absolute Gasteiger partial charge is 0.250 e. The van der Waals surface area contributed by atoms with E-state index in [1.807, 2.05) is 16.7 Å². The summed E-state index contributed by atoms with van der Waals surface area (Å²) in [6.45, 7) is 3.76. The standard InChI is InChI=1S/C20H24N2O3/c1-24-18-7-6-14(9-19(18)25-2)10-21-11-15-8-16(13-21)17-4-3-5-20(23)22(17)12-15/h3-7,9,15-16H,8,10-13H2,1-2H3/t15-,16-/m0/s1. The van der Waals surface area contributed by atoms with Gasteiger partial charge in [0.1, 0.15) is 0 Å². The second-order valence-electron chi connectivity index (χ2n) is 7.08. The molecule has 2 aliphatic rings. The number of pyridine rings is 1. The first kappa shape index (κ1) is 16.2. The Bertz CT molecular complexity index is 830. The number of benzene rings is 1. The number of piperidine rings is 1. The molecule has 1 aromatic heterocycles. The van der Waals surface area contributed by atoms with Gasteiger partial charge in [-0.15, -0.1) is 0 Å². The van der Waals surface area contributed by atoms with Crippen LogP contribution in [0.15, 0.2) is 41.2 Å². The van der Waals surface area contributed by atoms with E-state index in [1.54, 1.807) is 20.3 Å². The average molecular weight is 340 g/mol. The highest BCUT2D eigenvalue weighted by Gasteiger charge is 2.34. The number of hydrogen-bond donors (Lipinski definition) is 0. The van der Waals surface area contributed by atoms with E-state index in [-0.39, 0.29) is 5.56 Å². The van der Waals surface area contributed by atoms with Crippen molar-refractivity contribution >= 4 is 0 Å². The number of rotatable bonds is 4. The fourth-order valence-corrected chi connectivity index (χ4v) is 4.36. The van der Waals surface area contributed by atoms with Crippen molar-refractivity contribution in [2.75, 3.05) is 27.3 Å². The van der Waals surface area contributed by atoms with Crippen molar-refractivity contribution in [1.82, 2.24) is 9.47 Å². The van der Waals surface area contributed by atoms with Crippen LogP contribution in [-0.4, -0.2) is 36.8 Å². The van der Waals surface area contributed by atoms with Crippen LogP contribution in [0.3, 0.4) is 0 Å². The van der Waals surface area contributed by atoms with Crippen LogP contribution in [0.4, 0.5) is 0 Å². The summed E-state index contributed by atoms with van der Waals surface area (Å²) in [5.74, 6) is 2.53. The molecule has 0 aliphatic carbocycles. The maximum Gasteiger partial charge on any atom is 0.250 e. The molecule has 0 amide bonds. The topological polar surface area (TPSA) is 43.7 Å². The maximum absolute atomic E-state index is 12.1. The van der Waals surface area contributed by atoms with Gasteiger partial charge in [-0.3, -0.25) is 9.69 Å². The van der Waals surface area contributed by atoms with Crippen molar-refractivity contribution in [2.24, 2.45) is 5.92 Å². The van der Waals surface area contributed by atoms with Crippen LogP contribution in [0.25, 0.3) is 0 Å². The van der Waals surface area contributed by atoms with Gasteiger partial charge in [-0.25, -0.2) is 0 Å². The molecule has 2 aliphatic heterocycles. The molecule has 5 heteroatoms. The molecule has 1 fully saturated rings. The Morgan fingerprint density at radius 1 is 1.04 bits per heavy atom. The van der Waals surface area contributed by atoms with E-state index < -0.39 is 0 Å². The lowest BCUT2D eigenvalue weighted by Crippen LogP contribution is -2.46. The number of likely N-dealkylation sites (tertiary alicyclic amines) is 1. The number of fused-ring (bicyclic) bond motifs is 4. The first-order valence-electron chi connectivity index (χ1n) is 8.81. The minimum absolute atomic E-state index is 0.139. The van der Waals surface area contributed by atoms with Gasteiger partial charge in [0.2, 0.25) is 0 Å². The molecule has 1 saturated heterocycles. The molecule has 4 rings (SSSR count). The van der Waals surface area contributed by atoms with Gasteiger partial charge in [0, 0.05) is 43.9 Å². The predicted molar refractivity (Wildman–Crippen MR) is 96.4 cm³/mol. The van der Waals surface area contributed by atoms with Crippen LogP contribution in [-0.2, 0) is 13.1 Å². The summed E-state index contributed by atoms with van der Waals surface area (Å²) < 4.78 is 12.7. The van der Waals surface area contributed by atoms with E-state index in [0.717, 1.165) is 37.7 Å². The quantitative estimate of drug-likeness (QED) is 0.858. The predicted octanol–water partition coefficient (Wildman–Crippen LogP) is 2.48. The van der Waals surface area contributed by atoms with Gasteiger partial charge in [-0.2, -0.15) is 0 Å². The summed E-state index contributed by atoms with van der Waals surface area (Å²) in [5.41, 5.74) is 2.56. The third kappa shape index (κ3) is 3.04. The molecular weight excluding hydrogens is 316 g/mol. The first-order chi connectivity index (χ1) is 12.2. The molecule has 0 spiro atoms. The van der Waals surface area contributed by atoms with Crippen molar-refractivity contribution in [3.63, 3.8) is 0 Å². The zero-order chi connectivity index (χ0) is 17.4. The zero-order valence-corrected chi connectivity index (χ0v) is 14.8. The molecule has 0 saturated carbocycles. The summed E-state index contributed by atoms with van der Waals surface area (Å²) in [6, 6.07) is 11.8. The third-order valence-electron chi connectivity index (χ3n) is 5.41. The van der Waals surface area contributed by atoms with Crippen molar-refractivity contribution in [3.05, 3.63) is 58.0 Å². The van der Waals surface area contributed by atoms with Gasteiger partial charge >= 0.3 is 0 Å². The summed E-state index contributed by atoms with van der Waals surface area (Å²) in [5, 5.41) is 0. The monoisotopic (exact) mass is 340 g/mol. The Morgan fingerprint density at radius 2 is 1.88 bits per heavy atom. The number of methoxy groups -OCH3 is 2. The molecule has 0 N–H and O–H groups in total. The van der Waals surface area contributed by atoms with Crippen molar-refractivity contribution < 1.29 is 9.47 Å². The molecule has 132 valence electrons. The maximum atomic E-state index is 12.1. The lowest BCUT2D eigenvalue weighted by Gasteiger charge is -2.42. The fraction of sp³-hybridized carbons (Fsp3) is 0.450. The van der Waals surface area contributed by atoms with Crippen LogP contribution in [0.5, 0.6) is 11.5 Å². The Hall–Kier alpha value is -2.27. The number of ether oxygens (including phenoxy) is 2. The summed E-state index contributed by atoms with van der Waals surface area (Å²) in [7, 11) is 3.32. The number of nitrogens with zero attached hydrogens (tertiary/aromatic N) is 2. The molecule has 3 heterocycles. The third-order valence-corrected chi connectivity index (χ3v) is 5.41. The highest BCUT2D eigenvalue weighted by molar-refractivity contribution is 5.42. The second-order valence-corrected chi connectivity index (χ2v) is 7.08. The lowest BCUT2D eigenvalue weighted by molar-refractivity contribution is 0.114. The Labute approximate surface area is 147 Å². The second kappa shape index (κ2) is 6.56. The average Bonchev–Trinajstić information content (AvgIpc) is 2.62. The van der Waals surface area contributed by atoms with Crippen LogP contribution in [0.2, 0.25) is 0 Å².